The van der Waals surface area contributed by atoms with Crippen LogP contribution in [-0.2, 0) is 4.79 Å². The van der Waals surface area contributed by atoms with Gasteiger partial charge in [0.1, 0.15) is 6.29 Å². The van der Waals surface area contributed by atoms with E-state index in [0.29, 0.717) is 19.3 Å². The molecule has 5 rings (SSSR count). The van der Waals surface area contributed by atoms with Gasteiger partial charge < -0.3 is 19.4 Å². The maximum absolute atomic E-state index is 12.4. The molecule has 3 fully saturated rings. The molecular weight excluding hydrogens is 368 g/mol. The Morgan fingerprint density at radius 3 is 2.66 bits per heavy atom. The first-order valence-electron chi connectivity index (χ1n) is 11.0. The third kappa shape index (κ3) is 2.46. The number of fused-ring (bicyclic) bond motifs is 5. The van der Waals surface area contributed by atoms with E-state index in [1.807, 2.05) is 12.1 Å². The molecule has 1 unspecified atom stereocenters. The second kappa shape index (κ2) is 6.39. The zero-order chi connectivity index (χ0) is 20.4. The van der Waals surface area contributed by atoms with Crippen molar-refractivity contribution >= 4 is 6.29 Å². The molecule has 0 spiro atoms. The lowest BCUT2D eigenvalue weighted by molar-refractivity contribution is -0.179. The molecule has 0 aliphatic heterocycles. The smallest absolute Gasteiger partial charge is 0.335 e. The molecule has 0 amide bonds. The largest absolute Gasteiger partial charge is 0.431 e. The first kappa shape index (κ1) is 19.3. The molecule has 29 heavy (non-hydrogen) atoms. The number of aliphatic hydroxyl groups excluding tert-OH is 1. The van der Waals surface area contributed by atoms with E-state index in [2.05, 4.69) is 6.92 Å². The fraction of sp³-hybridized carbons (Fsp3) is 0.667. The van der Waals surface area contributed by atoms with Crippen LogP contribution in [0.4, 0.5) is 0 Å². The van der Waals surface area contributed by atoms with Gasteiger partial charge in [-0.1, -0.05) is 18.6 Å². The zero-order valence-corrected chi connectivity index (χ0v) is 17.0. The highest BCUT2D eigenvalue weighted by Gasteiger charge is 2.67. The third-order valence-electron chi connectivity index (χ3n) is 9.21. The third-order valence-corrected chi connectivity index (χ3v) is 9.21. The van der Waals surface area contributed by atoms with Crippen LogP contribution < -0.4 is 5.63 Å². The van der Waals surface area contributed by atoms with Crippen molar-refractivity contribution < 1.29 is 19.4 Å². The summed E-state index contributed by atoms with van der Waals surface area (Å²) in [6, 6.07) is 3.31. The summed E-state index contributed by atoms with van der Waals surface area (Å²) in [5, 5.41) is 22.2. The SMILES string of the molecule is C[C@]12CC[C@H]3C(CCC4=C[C@@H](O)CC[C@@]43C=O)[C@@]1(O)CC[C@@H]2c1ccc(=O)oc1. The number of rotatable bonds is 2. The maximum atomic E-state index is 12.4. The van der Waals surface area contributed by atoms with E-state index < -0.39 is 17.1 Å². The Hall–Kier alpha value is -1.72. The molecule has 5 nitrogen and oxygen atoms in total. The van der Waals surface area contributed by atoms with Crippen LogP contribution >= 0.6 is 0 Å². The quantitative estimate of drug-likeness (QED) is 0.589. The van der Waals surface area contributed by atoms with Gasteiger partial charge >= 0.3 is 5.63 Å². The van der Waals surface area contributed by atoms with Crippen molar-refractivity contribution in [2.24, 2.45) is 22.7 Å². The lowest BCUT2D eigenvalue weighted by Crippen LogP contribution is -2.61. The minimum Gasteiger partial charge on any atom is -0.431 e. The first-order valence-corrected chi connectivity index (χ1v) is 11.0. The molecule has 156 valence electrons. The monoisotopic (exact) mass is 398 g/mol. The summed E-state index contributed by atoms with van der Waals surface area (Å²) in [6.45, 7) is 2.19. The molecule has 2 N–H and O–H groups in total. The van der Waals surface area contributed by atoms with Gasteiger partial charge in [-0.2, -0.15) is 0 Å². The molecule has 7 atom stereocenters. The average molecular weight is 398 g/mol. The lowest BCUT2D eigenvalue weighted by Gasteiger charge is -2.61. The van der Waals surface area contributed by atoms with Crippen LogP contribution in [0.15, 0.2) is 39.3 Å². The van der Waals surface area contributed by atoms with Crippen molar-refractivity contribution in [2.75, 3.05) is 0 Å². The molecule has 0 bridgehead atoms. The lowest BCUT2D eigenvalue weighted by atomic mass is 9.45. The first-order chi connectivity index (χ1) is 13.8. The summed E-state index contributed by atoms with van der Waals surface area (Å²) in [4.78, 5) is 23.8. The van der Waals surface area contributed by atoms with Crippen LogP contribution in [0, 0.1) is 22.7 Å². The van der Waals surface area contributed by atoms with Crippen molar-refractivity contribution in [1.29, 1.82) is 0 Å². The van der Waals surface area contributed by atoms with Gasteiger partial charge in [-0.3, -0.25) is 0 Å². The maximum Gasteiger partial charge on any atom is 0.335 e. The van der Waals surface area contributed by atoms with Gasteiger partial charge in [0.25, 0.3) is 0 Å². The molecule has 5 heteroatoms. The molecule has 4 aliphatic rings. The van der Waals surface area contributed by atoms with Gasteiger partial charge in [-0.25, -0.2) is 4.79 Å². The van der Waals surface area contributed by atoms with E-state index >= 15 is 0 Å². The normalized spacial score (nSPS) is 46.2. The summed E-state index contributed by atoms with van der Waals surface area (Å²) < 4.78 is 5.13. The summed E-state index contributed by atoms with van der Waals surface area (Å²) in [7, 11) is 0. The summed E-state index contributed by atoms with van der Waals surface area (Å²) >= 11 is 0. The van der Waals surface area contributed by atoms with Gasteiger partial charge in [-0.05, 0) is 80.8 Å². The number of hydrogen-bond acceptors (Lipinski definition) is 5. The Bertz CT molecular complexity index is 898. The predicted molar refractivity (Wildman–Crippen MR) is 107 cm³/mol. The molecule has 0 radical (unpaired) electrons. The zero-order valence-electron chi connectivity index (χ0n) is 17.0. The predicted octanol–water partition coefficient (Wildman–Crippen LogP) is 3.34. The summed E-state index contributed by atoms with van der Waals surface area (Å²) in [6.07, 6.45) is 10.4. The molecular formula is C24H30O5. The Morgan fingerprint density at radius 2 is 1.93 bits per heavy atom. The van der Waals surface area contributed by atoms with Crippen LogP contribution in [0.2, 0.25) is 0 Å². The Morgan fingerprint density at radius 1 is 1.10 bits per heavy atom. The summed E-state index contributed by atoms with van der Waals surface area (Å²) in [5.74, 6) is 0.368. The number of allylic oxidation sites excluding steroid dienone is 1. The Kier molecular flexibility index (Phi) is 4.24. The van der Waals surface area contributed by atoms with Crippen LogP contribution in [0.3, 0.4) is 0 Å². The van der Waals surface area contributed by atoms with Crippen LogP contribution in [0.5, 0.6) is 0 Å². The van der Waals surface area contributed by atoms with Gasteiger partial charge in [0, 0.05) is 11.5 Å². The van der Waals surface area contributed by atoms with Crippen LogP contribution in [-0.4, -0.2) is 28.2 Å². The number of aldehydes is 1. The van der Waals surface area contributed by atoms with Crippen molar-refractivity contribution in [3.05, 3.63) is 46.0 Å². The number of aliphatic hydroxyl groups is 2. The number of carbonyl (C=O) groups excluding carboxylic acids is 1. The second-order valence-electron chi connectivity index (χ2n) is 10.1. The Balaban J connectivity index is 1.53. The highest BCUT2D eigenvalue weighted by Crippen LogP contribution is 2.69. The van der Waals surface area contributed by atoms with Crippen molar-refractivity contribution in [1.82, 2.24) is 0 Å². The van der Waals surface area contributed by atoms with E-state index in [-0.39, 0.29) is 28.8 Å². The van der Waals surface area contributed by atoms with E-state index in [4.69, 9.17) is 4.42 Å². The standard InChI is InChI=1S/C24H30O5/c1-22-9-7-19-20(4-3-16-12-17(26)6-10-23(16,19)14-25)24(22,28)11-8-18(22)15-2-5-21(27)29-13-15/h2,5,12-14,17-20,26,28H,3-4,6-11H2,1H3/t17-,18+,19-,20?,22+,23+,24-/m0/s1. The van der Waals surface area contributed by atoms with Crippen molar-refractivity contribution in [2.45, 2.75) is 75.9 Å². The second-order valence-corrected chi connectivity index (χ2v) is 10.1. The molecule has 0 aromatic carbocycles. The van der Waals surface area contributed by atoms with Crippen molar-refractivity contribution in [3.8, 4) is 0 Å². The molecule has 1 aromatic rings. The van der Waals surface area contributed by atoms with Crippen LogP contribution in [0.1, 0.15) is 69.8 Å². The highest BCUT2D eigenvalue weighted by atomic mass is 16.4. The Labute approximate surface area is 170 Å². The van der Waals surface area contributed by atoms with E-state index in [9.17, 15) is 19.8 Å². The topological polar surface area (TPSA) is 87.7 Å². The summed E-state index contributed by atoms with van der Waals surface area (Å²) in [5.41, 5.74) is 0.0938. The van der Waals surface area contributed by atoms with E-state index in [1.165, 1.54) is 6.07 Å². The number of hydrogen-bond donors (Lipinski definition) is 2. The fourth-order valence-electron chi connectivity index (χ4n) is 7.71. The van der Waals surface area contributed by atoms with Crippen LogP contribution in [0.25, 0.3) is 0 Å². The molecule has 1 aromatic heterocycles. The average Bonchev–Trinajstić information content (AvgIpc) is 3.00. The minimum atomic E-state index is -0.825. The van der Waals surface area contributed by atoms with E-state index in [0.717, 1.165) is 49.5 Å². The minimum absolute atomic E-state index is 0.0829. The molecule has 3 saturated carbocycles. The van der Waals surface area contributed by atoms with E-state index in [1.54, 1.807) is 6.26 Å². The van der Waals surface area contributed by atoms with Gasteiger partial charge in [-0.15, -0.1) is 0 Å². The van der Waals surface area contributed by atoms with Gasteiger partial charge in [0.2, 0.25) is 0 Å². The highest BCUT2D eigenvalue weighted by molar-refractivity contribution is 5.67. The molecule has 4 aliphatic carbocycles. The molecule has 1 heterocycles. The van der Waals surface area contributed by atoms with Crippen molar-refractivity contribution in [3.63, 3.8) is 0 Å². The van der Waals surface area contributed by atoms with Gasteiger partial charge in [0.05, 0.1) is 23.4 Å². The fourth-order valence-corrected chi connectivity index (χ4v) is 7.71. The van der Waals surface area contributed by atoms with Gasteiger partial charge in [0.15, 0.2) is 0 Å². The molecule has 0 saturated heterocycles. The number of carbonyl (C=O) groups is 1.